The average Bonchev–Trinajstić information content (AvgIpc) is 3.53. The normalized spacial score (nSPS) is 19.4. The molecule has 5 nitrogen and oxygen atoms in total. The minimum Gasteiger partial charge on any atom is -0.366 e. The second-order valence-corrected chi connectivity index (χ2v) is 13.2. The lowest BCUT2D eigenvalue weighted by Gasteiger charge is -2.45. The molecule has 4 heterocycles. The Morgan fingerprint density at radius 2 is 1.97 bits per heavy atom. The molecule has 0 aliphatic carbocycles. The van der Waals surface area contributed by atoms with E-state index in [4.69, 9.17) is 4.74 Å². The van der Waals surface area contributed by atoms with Crippen LogP contribution < -0.4 is 5.32 Å². The number of nitrogens with zero attached hydrogens (tertiary/aromatic N) is 2. The number of fused-ring (bicyclic) bond motifs is 2. The molecule has 38 heavy (non-hydrogen) atoms. The van der Waals surface area contributed by atoms with E-state index < -0.39 is 16.7 Å². The highest BCUT2D eigenvalue weighted by Crippen LogP contribution is 2.47. The molecule has 5 rings (SSSR count). The van der Waals surface area contributed by atoms with Crippen molar-refractivity contribution in [3.8, 4) is 0 Å². The summed E-state index contributed by atoms with van der Waals surface area (Å²) in [5.74, 6) is 0.941. The molecule has 1 N–H and O–H groups in total. The molecule has 1 aromatic carbocycles. The first-order valence-electron chi connectivity index (χ1n) is 12.7. The van der Waals surface area contributed by atoms with Crippen molar-refractivity contribution in [2.45, 2.75) is 69.0 Å². The van der Waals surface area contributed by atoms with Crippen molar-refractivity contribution in [3.05, 3.63) is 67.3 Å². The number of piperidine rings is 1. The maximum atomic E-state index is 13.0. The lowest BCUT2D eigenvalue weighted by atomic mass is 9.84. The molecule has 3 aromatic rings. The van der Waals surface area contributed by atoms with E-state index in [1.54, 1.807) is 11.8 Å². The summed E-state index contributed by atoms with van der Waals surface area (Å²) in [6.07, 6.45) is -1.18. The number of amides is 1. The number of nitrogens with one attached hydrogen (secondary N) is 1. The zero-order valence-corrected chi connectivity index (χ0v) is 23.7. The largest absolute Gasteiger partial charge is 0.427 e. The molecule has 2 aliphatic rings. The van der Waals surface area contributed by atoms with Crippen LogP contribution in [0.25, 0.3) is 0 Å². The number of ether oxygens (including phenoxy) is 1. The number of alkyl halides is 3. The second kappa shape index (κ2) is 11.3. The third-order valence-electron chi connectivity index (χ3n) is 6.92. The van der Waals surface area contributed by atoms with E-state index in [0.29, 0.717) is 47.4 Å². The Morgan fingerprint density at radius 3 is 2.63 bits per heavy atom. The van der Waals surface area contributed by atoms with Crippen molar-refractivity contribution in [1.82, 2.24) is 15.2 Å². The van der Waals surface area contributed by atoms with Gasteiger partial charge in [0.2, 0.25) is 0 Å². The molecule has 2 aromatic heterocycles. The summed E-state index contributed by atoms with van der Waals surface area (Å²) in [7, 11) is 0. The number of benzene rings is 1. The molecular weight excluding hydrogens is 552 g/mol. The van der Waals surface area contributed by atoms with Gasteiger partial charge in [0.25, 0.3) is 5.91 Å². The lowest BCUT2D eigenvalue weighted by molar-refractivity contribution is -0.134. The predicted octanol–water partition coefficient (Wildman–Crippen LogP) is 6.72. The van der Waals surface area contributed by atoms with Crippen LogP contribution in [-0.4, -0.2) is 40.7 Å². The van der Waals surface area contributed by atoms with Gasteiger partial charge in [0.1, 0.15) is 15.5 Å². The van der Waals surface area contributed by atoms with Crippen LogP contribution in [0.4, 0.5) is 13.2 Å². The van der Waals surface area contributed by atoms with Crippen LogP contribution in [0.2, 0.25) is 0 Å². The first-order valence-corrected chi connectivity index (χ1v) is 15.3. The van der Waals surface area contributed by atoms with Gasteiger partial charge < -0.3 is 10.1 Å². The fourth-order valence-electron chi connectivity index (χ4n) is 5.13. The summed E-state index contributed by atoms with van der Waals surface area (Å²) in [6, 6.07) is 10.3. The number of thioether (sulfide) groups is 1. The maximum Gasteiger partial charge on any atom is 0.427 e. The number of likely N-dealkylation sites (tertiary alicyclic amines) is 1. The van der Waals surface area contributed by atoms with Crippen molar-refractivity contribution in [2.24, 2.45) is 0 Å². The number of carbonyl (C=O) groups excluding carboxylic acids is 1. The van der Waals surface area contributed by atoms with E-state index in [0.717, 1.165) is 41.7 Å². The van der Waals surface area contributed by atoms with Gasteiger partial charge in [-0.1, -0.05) is 19.1 Å². The molecule has 0 radical (unpaired) electrons. The molecule has 1 amide bonds. The quantitative estimate of drug-likeness (QED) is 0.314. The SMILES string of the molecule is CCSc1ccc(CNC(=O)c2cc3c(s2)C2(CCN(Cc4ncc(C(F)(F)F)s4)CC2)O[C@@H](C)C3)cc1. The Bertz CT molecular complexity index is 1260. The highest BCUT2D eigenvalue weighted by molar-refractivity contribution is 7.99. The average molecular weight is 582 g/mol. The van der Waals surface area contributed by atoms with Gasteiger partial charge in [0, 0.05) is 29.4 Å². The predicted molar refractivity (Wildman–Crippen MR) is 146 cm³/mol. The number of carbonyl (C=O) groups is 1. The molecule has 0 unspecified atom stereocenters. The molecule has 11 heteroatoms. The van der Waals surface area contributed by atoms with E-state index in [1.807, 2.05) is 18.2 Å². The van der Waals surface area contributed by atoms with Crippen LogP contribution >= 0.6 is 34.4 Å². The fraction of sp³-hybridized carbons (Fsp3) is 0.481. The smallest absolute Gasteiger partial charge is 0.366 e. The Balaban J connectivity index is 1.23. The Kier molecular flexibility index (Phi) is 8.21. The van der Waals surface area contributed by atoms with E-state index in [2.05, 4.69) is 41.2 Å². The van der Waals surface area contributed by atoms with Crippen LogP contribution in [0.1, 0.15) is 62.2 Å². The molecule has 1 spiro atoms. The number of thiophene rings is 1. The van der Waals surface area contributed by atoms with E-state index in [-0.39, 0.29) is 12.0 Å². The van der Waals surface area contributed by atoms with Crippen LogP contribution in [0.15, 0.2) is 41.4 Å². The van der Waals surface area contributed by atoms with Crippen molar-refractivity contribution in [1.29, 1.82) is 0 Å². The number of hydrogen-bond donors (Lipinski definition) is 1. The van der Waals surface area contributed by atoms with Gasteiger partial charge in [-0.05, 0) is 61.3 Å². The molecular formula is C27H30F3N3O2S3. The number of halogens is 3. The van der Waals surface area contributed by atoms with Gasteiger partial charge in [0.15, 0.2) is 0 Å². The third kappa shape index (κ3) is 6.12. The summed E-state index contributed by atoms with van der Waals surface area (Å²) in [5.41, 5.74) is 1.77. The number of rotatable bonds is 7. The minimum atomic E-state index is -4.36. The number of thiazole rings is 1. The molecule has 1 fully saturated rings. The van der Waals surface area contributed by atoms with E-state index >= 15 is 0 Å². The van der Waals surface area contributed by atoms with Crippen molar-refractivity contribution < 1.29 is 22.7 Å². The Morgan fingerprint density at radius 1 is 1.24 bits per heavy atom. The van der Waals surface area contributed by atoms with Crippen molar-refractivity contribution in [2.75, 3.05) is 18.8 Å². The molecule has 0 saturated carbocycles. The van der Waals surface area contributed by atoms with Crippen LogP contribution in [0, 0.1) is 0 Å². The van der Waals surface area contributed by atoms with E-state index in [9.17, 15) is 18.0 Å². The summed E-state index contributed by atoms with van der Waals surface area (Å²) >= 11 is 4.01. The van der Waals surface area contributed by atoms with Crippen LogP contribution in [0.3, 0.4) is 0 Å². The monoisotopic (exact) mass is 581 g/mol. The van der Waals surface area contributed by atoms with Crippen LogP contribution in [0.5, 0.6) is 0 Å². The van der Waals surface area contributed by atoms with Crippen molar-refractivity contribution >= 4 is 40.3 Å². The standard InChI is InChI=1S/C27H30F3N3O2S3/c1-3-36-20-6-4-18(5-7-20)14-32-25(34)21-13-19-12-17(2)35-26(24(19)37-21)8-10-33(11-9-26)16-23-31-15-22(38-23)27(28,29)30/h4-7,13,15,17H,3,8-12,14,16H2,1-2H3,(H,32,34)/t17-/m0/s1. The third-order valence-corrected chi connectivity index (χ3v) is 10.2. The molecule has 1 saturated heterocycles. The Labute approximate surface area is 232 Å². The topological polar surface area (TPSA) is 54.5 Å². The second-order valence-electron chi connectivity index (χ2n) is 9.74. The fourth-order valence-corrected chi connectivity index (χ4v) is 7.92. The molecule has 0 bridgehead atoms. The van der Waals surface area contributed by atoms with Gasteiger partial charge in [-0.15, -0.1) is 34.4 Å². The molecule has 2 aliphatic heterocycles. The summed E-state index contributed by atoms with van der Waals surface area (Å²) in [6.45, 7) is 6.44. The highest BCUT2D eigenvalue weighted by Gasteiger charge is 2.45. The minimum absolute atomic E-state index is 0.0346. The zero-order valence-electron chi connectivity index (χ0n) is 21.3. The first-order chi connectivity index (χ1) is 18.1. The van der Waals surface area contributed by atoms with Gasteiger partial charge in [0.05, 0.1) is 23.7 Å². The van der Waals surface area contributed by atoms with E-state index in [1.165, 1.54) is 21.8 Å². The van der Waals surface area contributed by atoms with Gasteiger partial charge in [-0.3, -0.25) is 9.69 Å². The Hall–Kier alpha value is -1.92. The first kappa shape index (κ1) is 27.6. The maximum absolute atomic E-state index is 13.0. The van der Waals surface area contributed by atoms with Gasteiger partial charge >= 0.3 is 6.18 Å². The number of hydrogen-bond acceptors (Lipinski definition) is 7. The van der Waals surface area contributed by atoms with Crippen LogP contribution in [-0.2, 0) is 36.0 Å². The summed E-state index contributed by atoms with van der Waals surface area (Å²) < 4.78 is 45.4. The molecule has 1 atom stereocenters. The summed E-state index contributed by atoms with van der Waals surface area (Å²) in [5, 5.41) is 3.53. The molecule has 204 valence electrons. The van der Waals surface area contributed by atoms with Gasteiger partial charge in [-0.25, -0.2) is 4.98 Å². The summed E-state index contributed by atoms with van der Waals surface area (Å²) in [4.78, 5) is 21.5. The number of aromatic nitrogens is 1. The van der Waals surface area contributed by atoms with Crippen molar-refractivity contribution in [3.63, 3.8) is 0 Å². The lowest BCUT2D eigenvalue weighted by Crippen LogP contribution is -2.47. The highest BCUT2D eigenvalue weighted by atomic mass is 32.2. The zero-order chi connectivity index (χ0) is 26.9. The van der Waals surface area contributed by atoms with Gasteiger partial charge in [-0.2, -0.15) is 13.2 Å².